The predicted molar refractivity (Wildman–Crippen MR) is 67.1 cm³/mol. The van der Waals surface area contributed by atoms with E-state index < -0.39 is 0 Å². The number of hydrogen-bond acceptors (Lipinski definition) is 2. The van der Waals surface area contributed by atoms with Gasteiger partial charge in [0.25, 0.3) is 0 Å². The first-order valence-electron chi connectivity index (χ1n) is 5.95. The number of hydrogen-bond donors (Lipinski definition) is 2. The summed E-state index contributed by atoms with van der Waals surface area (Å²) < 4.78 is 5.45. The number of thiocarbonyl (C=S) groups is 1. The SMILES string of the molecule is CCCCOCCCNC(=S)NC1CC1. The van der Waals surface area contributed by atoms with Crippen LogP contribution in [0.3, 0.4) is 0 Å². The Morgan fingerprint density at radius 2 is 2.07 bits per heavy atom. The lowest BCUT2D eigenvalue weighted by Crippen LogP contribution is -2.37. The molecule has 1 fully saturated rings. The van der Waals surface area contributed by atoms with Crippen molar-refractivity contribution in [3.05, 3.63) is 0 Å². The molecule has 0 unspecified atom stereocenters. The molecule has 0 aliphatic heterocycles. The van der Waals surface area contributed by atoms with Gasteiger partial charge in [-0.05, 0) is 37.9 Å². The van der Waals surface area contributed by atoms with Crippen molar-refractivity contribution < 1.29 is 4.74 Å². The molecule has 1 rings (SSSR count). The first-order valence-corrected chi connectivity index (χ1v) is 6.36. The first-order chi connectivity index (χ1) is 7.33. The van der Waals surface area contributed by atoms with Crippen LogP contribution in [0.25, 0.3) is 0 Å². The van der Waals surface area contributed by atoms with Crippen molar-refractivity contribution >= 4 is 17.3 Å². The molecule has 3 nitrogen and oxygen atoms in total. The molecule has 1 aliphatic rings. The van der Waals surface area contributed by atoms with E-state index in [1.807, 2.05) is 0 Å². The van der Waals surface area contributed by atoms with Crippen molar-refractivity contribution in [2.75, 3.05) is 19.8 Å². The largest absolute Gasteiger partial charge is 0.381 e. The van der Waals surface area contributed by atoms with Crippen LogP contribution in [0.2, 0.25) is 0 Å². The minimum Gasteiger partial charge on any atom is -0.381 e. The van der Waals surface area contributed by atoms with Crippen LogP contribution >= 0.6 is 12.2 Å². The average molecular weight is 230 g/mol. The van der Waals surface area contributed by atoms with Gasteiger partial charge < -0.3 is 15.4 Å². The lowest BCUT2D eigenvalue weighted by Gasteiger charge is -2.09. The second-order valence-corrected chi connectivity index (χ2v) is 4.40. The summed E-state index contributed by atoms with van der Waals surface area (Å²) in [5, 5.41) is 7.23. The van der Waals surface area contributed by atoms with Gasteiger partial charge in [0.1, 0.15) is 0 Å². The lowest BCUT2D eigenvalue weighted by molar-refractivity contribution is 0.129. The fraction of sp³-hybridized carbons (Fsp3) is 0.909. The Morgan fingerprint density at radius 3 is 2.73 bits per heavy atom. The van der Waals surface area contributed by atoms with Crippen molar-refractivity contribution in [2.24, 2.45) is 0 Å². The van der Waals surface area contributed by atoms with Crippen LogP contribution in [-0.2, 0) is 4.74 Å². The van der Waals surface area contributed by atoms with Gasteiger partial charge in [-0.1, -0.05) is 13.3 Å². The Bertz CT molecular complexity index is 183. The molecule has 0 aromatic rings. The van der Waals surface area contributed by atoms with Crippen molar-refractivity contribution in [1.29, 1.82) is 0 Å². The molecule has 1 saturated carbocycles. The van der Waals surface area contributed by atoms with Crippen LogP contribution in [0.15, 0.2) is 0 Å². The highest BCUT2D eigenvalue weighted by molar-refractivity contribution is 7.80. The van der Waals surface area contributed by atoms with Gasteiger partial charge in [0, 0.05) is 25.8 Å². The summed E-state index contributed by atoms with van der Waals surface area (Å²) in [6.45, 7) is 4.80. The highest BCUT2D eigenvalue weighted by Gasteiger charge is 2.21. The van der Waals surface area contributed by atoms with Gasteiger partial charge >= 0.3 is 0 Å². The second-order valence-electron chi connectivity index (χ2n) is 3.99. The minimum absolute atomic E-state index is 0.644. The van der Waals surface area contributed by atoms with Crippen LogP contribution in [-0.4, -0.2) is 30.9 Å². The maximum Gasteiger partial charge on any atom is 0.166 e. The lowest BCUT2D eigenvalue weighted by atomic mass is 10.4. The third-order valence-electron chi connectivity index (χ3n) is 2.31. The quantitative estimate of drug-likeness (QED) is 0.492. The van der Waals surface area contributed by atoms with Gasteiger partial charge in [0.05, 0.1) is 0 Å². The van der Waals surface area contributed by atoms with E-state index in [1.54, 1.807) is 0 Å². The van der Waals surface area contributed by atoms with E-state index >= 15 is 0 Å². The van der Waals surface area contributed by atoms with Gasteiger partial charge in [0.2, 0.25) is 0 Å². The van der Waals surface area contributed by atoms with Crippen molar-refractivity contribution in [3.8, 4) is 0 Å². The van der Waals surface area contributed by atoms with E-state index in [1.165, 1.54) is 19.3 Å². The molecule has 0 saturated heterocycles. The molecule has 0 radical (unpaired) electrons. The molecule has 2 N–H and O–H groups in total. The normalized spacial score (nSPS) is 15.0. The maximum atomic E-state index is 5.45. The fourth-order valence-corrected chi connectivity index (χ4v) is 1.46. The summed E-state index contributed by atoms with van der Waals surface area (Å²) in [5.41, 5.74) is 0. The van der Waals surface area contributed by atoms with Gasteiger partial charge in [-0.25, -0.2) is 0 Å². The zero-order chi connectivity index (χ0) is 10.9. The molecule has 0 aromatic heterocycles. The molecule has 0 amide bonds. The van der Waals surface area contributed by atoms with Crippen molar-refractivity contribution in [2.45, 2.75) is 45.1 Å². The number of unbranched alkanes of at least 4 members (excludes halogenated alkanes) is 1. The molecule has 0 atom stereocenters. The summed E-state index contributed by atoms with van der Waals surface area (Å²) in [7, 11) is 0. The second kappa shape index (κ2) is 7.88. The predicted octanol–water partition coefficient (Wildman–Crippen LogP) is 1.82. The molecule has 15 heavy (non-hydrogen) atoms. The Hall–Kier alpha value is -0.350. The number of rotatable bonds is 8. The molecule has 4 heteroatoms. The van der Waals surface area contributed by atoms with Crippen molar-refractivity contribution in [1.82, 2.24) is 10.6 Å². The molecule has 0 bridgehead atoms. The molecule has 1 aliphatic carbocycles. The summed E-state index contributed by atoms with van der Waals surface area (Å²) in [6, 6.07) is 0.644. The van der Waals surface area contributed by atoms with E-state index in [4.69, 9.17) is 17.0 Å². The Labute approximate surface area is 98.0 Å². The van der Waals surface area contributed by atoms with Gasteiger partial charge in [-0.15, -0.1) is 0 Å². The van der Waals surface area contributed by atoms with E-state index in [-0.39, 0.29) is 0 Å². The molecule has 0 heterocycles. The summed E-state index contributed by atoms with van der Waals surface area (Å²) in [5.74, 6) is 0. The van der Waals surface area contributed by atoms with Crippen LogP contribution in [0, 0.1) is 0 Å². The van der Waals surface area contributed by atoms with Gasteiger partial charge in [-0.2, -0.15) is 0 Å². The zero-order valence-corrected chi connectivity index (χ0v) is 10.4. The number of ether oxygens (including phenoxy) is 1. The Kier molecular flexibility index (Phi) is 6.68. The third-order valence-corrected chi connectivity index (χ3v) is 2.57. The zero-order valence-electron chi connectivity index (χ0n) is 9.55. The molecule has 88 valence electrons. The fourth-order valence-electron chi connectivity index (χ4n) is 1.19. The molecular weight excluding hydrogens is 208 g/mol. The van der Waals surface area contributed by atoms with E-state index in [0.29, 0.717) is 6.04 Å². The smallest absolute Gasteiger partial charge is 0.166 e. The monoisotopic (exact) mass is 230 g/mol. The summed E-state index contributed by atoms with van der Waals surface area (Å²) in [6.07, 6.45) is 5.92. The maximum absolute atomic E-state index is 5.45. The molecule has 0 aromatic carbocycles. The topological polar surface area (TPSA) is 33.3 Å². The van der Waals surface area contributed by atoms with Crippen molar-refractivity contribution in [3.63, 3.8) is 0 Å². The summed E-state index contributed by atoms with van der Waals surface area (Å²) >= 11 is 5.13. The Balaban J connectivity index is 1.77. The van der Waals surface area contributed by atoms with Crippen LogP contribution in [0.4, 0.5) is 0 Å². The van der Waals surface area contributed by atoms with Gasteiger partial charge in [0.15, 0.2) is 5.11 Å². The molecular formula is C11H22N2OS. The highest BCUT2D eigenvalue weighted by Crippen LogP contribution is 2.18. The third kappa shape index (κ3) is 7.56. The van der Waals surface area contributed by atoms with Crippen LogP contribution in [0.5, 0.6) is 0 Å². The summed E-state index contributed by atoms with van der Waals surface area (Å²) in [4.78, 5) is 0. The van der Waals surface area contributed by atoms with E-state index in [0.717, 1.165) is 37.7 Å². The average Bonchev–Trinajstić information content (AvgIpc) is 3.00. The van der Waals surface area contributed by atoms with E-state index in [2.05, 4.69) is 17.6 Å². The van der Waals surface area contributed by atoms with Crippen LogP contribution in [0.1, 0.15) is 39.0 Å². The van der Waals surface area contributed by atoms with E-state index in [9.17, 15) is 0 Å². The number of nitrogens with one attached hydrogen (secondary N) is 2. The minimum atomic E-state index is 0.644. The first kappa shape index (κ1) is 12.7. The van der Waals surface area contributed by atoms with Gasteiger partial charge in [-0.3, -0.25) is 0 Å². The highest BCUT2D eigenvalue weighted by atomic mass is 32.1. The van der Waals surface area contributed by atoms with Crippen LogP contribution < -0.4 is 10.6 Å². The Morgan fingerprint density at radius 1 is 1.33 bits per heavy atom. The standard InChI is InChI=1S/C11H22N2OS/c1-2-3-8-14-9-4-7-12-11(15)13-10-5-6-10/h10H,2-9H2,1H3,(H2,12,13,15). The molecule has 0 spiro atoms.